The molecular formula is C22H33ClN2O3. The zero-order valence-electron chi connectivity index (χ0n) is 17.0. The van der Waals surface area contributed by atoms with Gasteiger partial charge < -0.3 is 14.7 Å². The van der Waals surface area contributed by atoms with E-state index < -0.39 is 5.60 Å². The Morgan fingerprint density at radius 3 is 2.61 bits per heavy atom. The van der Waals surface area contributed by atoms with Gasteiger partial charge in [0.25, 0.3) is 0 Å². The Morgan fingerprint density at radius 2 is 1.86 bits per heavy atom. The van der Waals surface area contributed by atoms with Crippen LogP contribution in [-0.4, -0.2) is 65.7 Å². The molecule has 28 heavy (non-hydrogen) atoms. The number of amides is 1. The zero-order valence-corrected chi connectivity index (χ0v) is 17.7. The van der Waals surface area contributed by atoms with E-state index in [4.69, 9.17) is 16.3 Å². The Balaban J connectivity index is 1.50. The normalized spacial score (nSPS) is 24.5. The number of hydrogen-bond donors (Lipinski definition) is 1. The molecule has 6 heteroatoms. The number of carbonyl (C=O) groups is 1. The first-order chi connectivity index (χ1) is 13.5. The Morgan fingerprint density at radius 1 is 1.11 bits per heavy atom. The lowest BCUT2D eigenvalue weighted by molar-refractivity contribution is -0.132. The van der Waals surface area contributed by atoms with E-state index in [1.54, 1.807) is 0 Å². The van der Waals surface area contributed by atoms with Gasteiger partial charge in [-0.1, -0.05) is 30.5 Å². The van der Waals surface area contributed by atoms with Crippen molar-refractivity contribution >= 4 is 17.5 Å². The number of halogens is 1. The lowest BCUT2D eigenvalue weighted by Crippen LogP contribution is -2.42. The highest BCUT2D eigenvalue weighted by Gasteiger charge is 2.32. The van der Waals surface area contributed by atoms with Crippen molar-refractivity contribution in [3.8, 4) is 5.75 Å². The van der Waals surface area contributed by atoms with E-state index in [-0.39, 0.29) is 12.5 Å². The Labute approximate surface area is 173 Å². The maximum atomic E-state index is 12.7. The van der Waals surface area contributed by atoms with Gasteiger partial charge in [0, 0.05) is 19.6 Å². The summed E-state index contributed by atoms with van der Waals surface area (Å²) in [5, 5.41) is 11.6. The smallest absolute Gasteiger partial charge is 0.236 e. The van der Waals surface area contributed by atoms with Crippen LogP contribution in [0.25, 0.3) is 0 Å². The van der Waals surface area contributed by atoms with Gasteiger partial charge in [0.1, 0.15) is 12.4 Å². The number of benzene rings is 1. The van der Waals surface area contributed by atoms with Gasteiger partial charge >= 0.3 is 0 Å². The number of hydrogen-bond acceptors (Lipinski definition) is 4. The molecule has 0 radical (unpaired) electrons. The van der Waals surface area contributed by atoms with Crippen LogP contribution in [0, 0.1) is 6.92 Å². The van der Waals surface area contributed by atoms with Crippen LogP contribution in [0.3, 0.4) is 0 Å². The molecule has 1 amide bonds. The van der Waals surface area contributed by atoms with Crippen LogP contribution in [0.15, 0.2) is 18.2 Å². The van der Waals surface area contributed by atoms with E-state index >= 15 is 0 Å². The molecule has 2 aliphatic heterocycles. The van der Waals surface area contributed by atoms with Crippen LogP contribution >= 0.6 is 11.6 Å². The predicted molar refractivity (Wildman–Crippen MR) is 112 cm³/mol. The Bertz CT molecular complexity index is 661. The topological polar surface area (TPSA) is 53.0 Å². The molecule has 2 fully saturated rings. The molecule has 2 saturated heterocycles. The molecule has 0 saturated carbocycles. The summed E-state index contributed by atoms with van der Waals surface area (Å²) >= 11 is 6.20. The Kier molecular flexibility index (Phi) is 7.61. The van der Waals surface area contributed by atoms with Crippen LogP contribution in [0.1, 0.15) is 50.5 Å². The molecule has 0 aliphatic carbocycles. The Hall–Kier alpha value is -1.30. The molecule has 3 rings (SSSR count). The van der Waals surface area contributed by atoms with E-state index in [2.05, 4.69) is 4.90 Å². The zero-order chi connectivity index (χ0) is 20.0. The number of aryl methyl sites for hydroxylation is 1. The molecule has 2 aliphatic rings. The number of likely N-dealkylation sites (tertiary alicyclic amines) is 2. The van der Waals surface area contributed by atoms with Gasteiger partial charge in [0.2, 0.25) is 5.91 Å². The highest BCUT2D eigenvalue weighted by atomic mass is 35.5. The molecule has 1 aromatic rings. The number of aliphatic hydroxyl groups is 1. The molecule has 0 bridgehead atoms. The minimum absolute atomic E-state index is 0.226. The third-order valence-electron chi connectivity index (χ3n) is 5.91. The van der Waals surface area contributed by atoms with Crippen molar-refractivity contribution in [1.29, 1.82) is 0 Å². The molecule has 156 valence electrons. The third kappa shape index (κ3) is 6.10. The predicted octanol–water partition coefficient (Wildman–Crippen LogP) is 3.65. The van der Waals surface area contributed by atoms with Gasteiger partial charge in [-0.15, -0.1) is 0 Å². The van der Waals surface area contributed by atoms with Crippen LogP contribution in [0.2, 0.25) is 5.02 Å². The molecule has 1 unspecified atom stereocenters. The molecule has 1 N–H and O–H groups in total. The van der Waals surface area contributed by atoms with Gasteiger partial charge in [0.05, 0.1) is 17.2 Å². The SMILES string of the molecule is Cc1ccc(Cl)c(OCC2(O)CCCN(CC(=O)N3CCCCCC3)CC2)c1. The average Bonchev–Trinajstić information content (AvgIpc) is 3.05. The van der Waals surface area contributed by atoms with Gasteiger partial charge in [-0.25, -0.2) is 0 Å². The largest absolute Gasteiger partial charge is 0.489 e. The van der Waals surface area contributed by atoms with Crippen molar-refractivity contribution < 1.29 is 14.6 Å². The second-order valence-electron chi connectivity index (χ2n) is 8.37. The fraction of sp³-hybridized carbons (Fsp3) is 0.682. The van der Waals surface area contributed by atoms with E-state index in [0.717, 1.165) is 44.5 Å². The molecule has 1 aromatic carbocycles. The molecule has 0 aromatic heterocycles. The van der Waals surface area contributed by atoms with Crippen molar-refractivity contribution in [2.24, 2.45) is 0 Å². The van der Waals surface area contributed by atoms with E-state index in [0.29, 0.717) is 36.7 Å². The average molecular weight is 409 g/mol. The van der Waals surface area contributed by atoms with Crippen LogP contribution < -0.4 is 4.74 Å². The van der Waals surface area contributed by atoms with Crippen molar-refractivity contribution in [1.82, 2.24) is 9.80 Å². The number of nitrogens with zero attached hydrogens (tertiary/aromatic N) is 2. The van der Waals surface area contributed by atoms with Crippen LogP contribution in [0.4, 0.5) is 0 Å². The van der Waals surface area contributed by atoms with Gasteiger partial charge in [-0.05, 0) is 63.3 Å². The van der Waals surface area contributed by atoms with E-state index in [1.165, 1.54) is 12.8 Å². The molecule has 5 nitrogen and oxygen atoms in total. The summed E-state index contributed by atoms with van der Waals surface area (Å²) in [7, 11) is 0. The standard InChI is InChI=1S/C22H33ClN2O3/c1-18-7-8-19(23)20(15-18)28-17-22(27)9-6-11-24(14-10-22)16-21(26)25-12-4-2-3-5-13-25/h7-8,15,27H,2-6,9-14,16-17H2,1H3. The summed E-state index contributed by atoms with van der Waals surface area (Å²) in [4.78, 5) is 16.9. The number of carbonyl (C=O) groups excluding carboxylic acids is 1. The maximum Gasteiger partial charge on any atom is 0.236 e. The molecule has 1 atom stereocenters. The molecular weight excluding hydrogens is 376 g/mol. The number of ether oxygens (including phenoxy) is 1. The monoisotopic (exact) mass is 408 g/mol. The first-order valence-electron chi connectivity index (χ1n) is 10.6. The fourth-order valence-corrected chi connectivity index (χ4v) is 4.25. The number of rotatable bonds is 5. The second kappa shape index (κ2) is 9.95. The fourth-order valence-electron chi connectivity index (χ4n) is 4.08. The quantitative estimate of drug-likeness (QED) is 0.808. The van der Waals surface area contributed by atoms with E-state index in [9.17, 15) is 9.90 Å². The maximum absolute atomic E-state index is 12.7. The summed E-state index contributed by atoms with van der Waals surface area (Å²) < 4.78 is 5.87. The second-order valence-corrected chi connectivity index (χ2v) is 8.78. The van der Waals surface area contributed by atoms with Crippen molar-refractivity contribution in [2.75, 3.05) is 39.3 Å². The summed E-state index contributed by atoms with van der Waals surface area (Å²) in [6.45, 7) is 6.00. The summed E-state index contributed by atoms with van der Waals surface area (Å²) in [5.74, 6) is 0.850. The summed E-state index contributed by atoms with van der Waals surface area (Å²) in [6.07, 6.45) is 6.81. The van der Waals surface area contributed by atoms with Crippen LogP contribution in [-0.2, 0) is 4.79 Å². The van der Waals surface area contributed by atoms with Gasteiger partial charge in [0.15, 0.2) is 0 Å². The highest BCUT2D eigenvalue weighted by molar-refractivity contribution is 6.32. The van der Waals surface area contributed by atoms with Gasteiger partial charge in [-0.2, -0.15) is 0 Å². The first kappa shape index (κ1) is 21.4. The van der Waals surface area contributed by atoms with E-state index in [1.807, 2.05) is 30.0 Å². The summed E-state index contributed by atoms with van der Waals surface area (Å²) in [6, 6.07) is 5.66. The molecule has 2 heterocycles. The minimum Gasteiger partial charge on any atom is -0.489 e. The third-order valence-corrected chi connectivity index (χ3v) is 6.22. The van der Waals surface area contributed by atoms with Gasteiger partial charge in [-0.3, -0.25) is 9.69 Å². The summed E-state index contributed by atoms with van der Waals surface area (Å²) in [5.41, 5.74) is 0.193. The van der Waals surface area contributed by atoms with Crippen molar-refractivity contribution in [2.45, 2.75) is 57.5 Å². The van der Waals surface area contributed by atoms with Crippen molar-refractivity contribution in [3.63, 3.8) is 0 Å². The lowest BCUT2D eigenvalue weighted by Gasteiger charge is -2.28. The minimum atomic E-state index is -0.881. The highest BCUT2D eigenvalue weighted by Crippen LogP contribution is 2.29. The molecule has 0 spiro atoms. The van der Waals surface area contributed by atoms with Crippen molar-refractivity contribution in [3.05, 3.63) is 28.8 Å². The lowest BCUT2D eigenvalue weighted by atomic mass is 9.96. The van der Waals surface area contributed by atoms with Crippen LogP contribution in [0.5, 0.6) is 5.75 Å². The first-order valence-corrected chi connectivity index (χ1v) is 10.9.